The van der Waals surface area contributed by atoms with Gasteiger partial charge in [-0.05, 0) is 0 Å². The van der Waals surface area contributed by atoms with E-state index in [2.05, 4.69) is 68.1 Å². The van der Waals surface area contributed by atoms with Crippen LogP contribution in [0.5, 0.6) is 0 Å². The van der Waals surface area contributed by atoms with Crippen molar-refractivity contribution in [2.45, 2.75) is 38.4 Å². The molecule has 0 aliphatic heterocycles. The number of furan rings is 1. The second-order valence-corrected chi connectivity index (χ2v) is 9.74. The van der Waals surface area contributed by atoms with Crippen molar-refractivity contribution in [2.24, 2.45) is 7.05 Å². The monoisotopic (exact) mass is 449 g/mol. The maximum absolute atomic E-state index is 9.68. The Balaban J connectivity index is 1.96. The summed E-state index contributed by atoms with van der Waals surface area (Å²) < 4.78 is 9.80. The van der Waals surface area contributed by atoms with Crippen LogP contribution in [0.4, 0.5) is 0 Å². The van der Waals surface area contributed by atoms with Crippen molar-refractivity contribution in [1.29, 1.82) is 5.26 Å². The number of nitriles is 1. The first-order valence-electron chi connectivity index (χ1n) is 10.1. The van der Waals surface area contributed by atoms with Gasteiger partial charge in [0.15, 0.2) is 0 Å². The molecule has 2 aromatic heterocycles. The van der Waals surface area contributed by atoms with E-state index in [9.17, 15) is 5.26 Å². The number of pyridine rings is 1. The first-order valence-corrected chi connectivity index (χ1v) is 12.2. The van der Waals surface area contributed by atoms with E-state index < -0.39 is 0 Å². The van der Waals surface area contributed by atoms with Crippen LogP contribution in [0.25, 0.3) is 33.2 Å². The molecule has 4 heteroatoms. The summed E-state index contributed by atoms with van der Waals surface area (Å²) in [7, 11) is 2.06. The van der Waals surface area contributed by atoms with Gasteiger partial charge in [-0.3, -0.25) is 0 Å². The van der Waals surface area contributed by atoms with Crippen molar-refractivity contribution in [3.63, 3.8) is 0 Å². The molecule has 0 bridgehead atoms. The minimum atomic E-state index is 0.236. The van der Waals surface area contributed by atoms with E-state index in [0.29, 0.717) is 0 Å². The molecule has 0 saturated carbocycles. The van der Waals surface area contributed by atoms with Gasteiger partial charge >= 0.3 is 178 Å². The SMILES string of the molecule is CCCCC[Se]c1c(C#N)ccc2c1oc1c(-c3cccc[n+]3C)c(C)ccc12. The summed E-state index contributed by atoms with van der Waals surface area (Å²) in [5, 5.41) is 13.1. The fourth-order valence-corrected chi connectivity index (χ4v) is 6.15. The van der Waals surface area contributed by atoms with Crippen LogP contribution in [-0.4, -0.2) is 15.0 Å². The van der Waals surface area contributed by atoms with Crippen molar-refractivity contribution in [3.05, 3.63) is 59.8 Å². The standard InChI is InChI=1S/C25H25N2OSe/c1-4-5-8-15-29-25-18(16-26)11-13-20-19-12-10-17(2)22(23(19)28-24(20)25)21-9-6-7-14-27(21)3/h6-7,9-14H,4-5,8,15H2,1-3H3/q+1. The number of nitrogens with zero attached hydrogens (tertiary/aromatic N) is 2. The summed E-state index contributed by atoms with van der Waals surface area (Å²) in [4.78, 5) is 0. The predicted octanol–water partition coefficient (Wildman–Crippen LogP) is 5.20. The Labute approximate surface area is 178 Å². The second kappa shape index (κ2) is 8.41. The summed E-state index contributed by atoms with van der Waals surface area (Å²) >= 11 is 0.236. The van der Waals surface area contributed by atoms with Gasteiger partial charge in [-0.2, -0.15) is 0 Å². The average Bonchev–Trinajstić information content (AvgIpc) is 3.10. The number of aromatic nitrogens is 1. The molecule has 0 atom stereocenters. The molecule has 2 aromatic carbocycles. The van der Waals surface area contributed by atoms with Crippen LogP contribution in [0.1, 0.15) is 37.3 Å². The number of aryl methyl sites for hydroxylation is 2. The third-order valence-electron chi connectivity index (χ3n) is 5.40. The van der Waals surface area contributed by atoms with Gasteiger partial charge in [0.1, 0.15) is 0 Å². The zero-order valence-corrected chi connectivity index (χ0v) is 18.9. The number of fused-ring (bicyclic) bond motifs is 3. The Hall–Kier alpha value is -2.60. The Morgan fingerprint density at radius 3 is 2.59 bits per heavy atom. The van der Waals surface area contributed by atoms with Gasteiger partial charge in [0.2, 0.25) is 0 Å². The predicted molar refractivity (Wildman–Crippen MR) is 120 cm³/mol. The van der Waals surface area contributed by atoms with E-state index in [1.54, 1.807) is 0 Å². The number of unbranched alkanes of at least 4 members (excludes halogenated alkanes) is 2. The van der Waals surface area contributed by atoms with Gasteiger partial charge in [0, 0.05) is 0 Å². The fraction of sp³-hybridized carbons (Fsp3) is 0.280. The van der Waals surface area contributed by atoms with E-state index in [-0.39, 0.29) is 15.0 Å². The number of hydrogen-bond acceptors (Lipinski definition) is 2. The van der Waals surface area contributed by atoms with Crippen LogP contribution in [-0.2, 0) is 7.05 Å². The molecule has 0 saturated heterocycles. The van der Waals surface area contributed by atoms with Crippen LogP contribution in [0.15, 0.2) is 53.1 Å². The van der Waals surface area contributed by atoms with E-state index in [1.165, 1.54) is 24.8 Å². The molecule has 0 aliphatic rings. The Bertz CT molecular complexity index is 1230. The van der Waals surface area contributed by atoms with E-state index in [0.717, 1.165) is 48.5 Å². The molecule has 0 fully saturated rings. The van der Waals surface area contributed by atoms with Crippen LogP contribution >= 0.6 is 0 Å². The summed E-state index contributed by atoms with van der Waals surface area (Å²) in [6.45, 7) is 4.35. The average molecular weight is 448 g/mol. The third-order valence-corrected chi connectivity index (χ3v) is 7.89. The van der Waals surface area contributed by atoms with Crippen molar-refractivity contribution < 1.29 is 8.98 Å². The summed E-state index contributed by atoms with van der Waals surface area (Å²) in [6, 6.07) is 17.0. The Morgan fingerprint density at radius 1 is 1.03 bits per heavy atom. The molecular weight excluding hydrogens is 423 g/mol. The molecule has 29 heavy (non-hydrogen) atoms. The molecule has 0 spiro atoms. The van der Waals surface area contributed by atoms with E-state index in [1.807, 2.05) is 12.1 Å². The number of rotatable bonds is 6. The number of benzene rings is 2. The van der Waals surface area contributed by atoms with Crippen LogP contribution in [0.3, 0.4) is 0 Å². The molecule has 3 nitrogen and oxygen atoms in total. The molecule has 4 rings (SSSR count). The van der Waals surface area contributed by atoms with Crippen LogP contribution < -0.4 is 9.03 Å². The van der Waals surface area contributed by atoms with E-state index >= 15 is 0 Å². The normalized spacial score (nSPS) is 11.2. The second-order valence-electron chi connectivity index (χ2n) is 7.42. The first kappa shape index (κ1) is 19.7. The molecule has 0 unspecified atom stereocenters. The molecule has 2 heterocycles. The van der Waals surface area contributed by atoms with Gasteiger partial charge in [0.05, 0.1) is 0 Å². The molecule has 4 aromatic rings. The van der Waals surface area contributed by atoms with Crippen molar-refractivity contribution in [1.82, 2.24) is 0 Å². The molecule has 0 radical (unpaired) electrons. The summed E-state index contributed by atoms with van der Waals surface area (Å²) in [6.07, 6.45) is 5.73. The molecular formula is C25H25N2OSe+. The first-order chi connectivity index (χ1) is 14.2. The van der Waals surface area contributed by atoms with Gasteiger partial charge < -0.3 is 0 Å². The Morgan fingerprint density at radius 2 is 1.83 bits per heavy atom. The Kier molecular flexibility index (Phi) is 5.72. The van der Waals surface area contributed by atoms with Gasteiger partial charge in [-0.25, -0.2) is 0 Å². The zero-order chi connectivity index (χ0) is 20.4. The molecule has 0 N–H and O–H groups in total. The molecule has 0 amide bonds. The quantitative estimate of drug-likeness (QED) is 0.231. The third kappa shape index (κ3) is 3.57. The van der Waals surface area contributed by atoms with Gasteiger partial charge in [-0.15, -0.1) is 0 Å². The zero-order valence-electron chi connectivity index (χ0n) is 17.2. The van der Waals surface area contributed by atoms with Crippen LogP contribution in [0.2, 0.25) is 5.32 Å². The molecule has 146 valence electrons. The van der Waals surface area contributed by atoms with Crippen molar-refractivity contribution in [3.8, 4) is 17.3 Å². The van der Waals surface area contributed by atoms with Gasteiger partial charge in [-0.1, -0.05) is 0 Å². The fourth-order valence-electron chi connectivity index (χ4n) is 3.84. The topological polar surface area (TPSA) is 40.8 Å². The number of hydrogen-bond donors (Lipinski definition) is 0. The van der Waals surface area contributed by atoms with E-state index in [4.69, 9.17) is 4.42 Å². The summed E-state index contributed by atoms with van der Waals surface area (Å²) in [5.74, 6) is 0. The van der Waals surface area contributed by atoms with Crippen molar-refractivity contribution >= 4 is 41.4 Å². The van der Waals surface area contributed by atoms with Gasteiger partial charge in [0.25, 0.3) is 0 Å². The molecule has 0 aliphatic carbocycles. The van der Waals surface area contributed by atoms with Crippen LogP contribution in [0, 0.1) is 18.3 Å². The summed E-state index contributed by atoms with van der Waals surface area (Å²) in [5.41, 5.74) is 6.03. The van der Waals surface area contributed by atoms with Crippen molar-refractivity contribution in [2.75, 3.05) is 0 Å². The maximum atomic E-state index is 9.68. The minimum absolute atomic E-state index is 0.236.